The second kappa shape index (κ2) is 3.85. The highest BCUT2D eigenvalue weighted by molar-refractivity contribution is 6.79. The molecule has 14 heavy (non-hydrogen) atoms. The van der Waals surface area contributed by atoms with Crippen molar-refractivity contribution in [3.63, 3.8) is 0 Å². The fourth-order valence-electron chi connectivity index (χ4n) is 1.28. The molecule has 0 aliphatic heterocycles. The van der Waals surface area contributed by atoms with Gasteiger partial charge in [-0.3, -0.25) is 4.98 Å². The van der Waals surface area contributed by atoms with Crippen LogP contribution < -0.4 is 0 Å². The second-order valence-corrected chi connectivity index (χ2v) is 11.3. The first-order chi connectivity index (χ1) is 6.33. The Bertz CT molecular complexity index is 285. The molecule has 1 aromatic heterocycles. The minimum atomic E-state index is -1.19. The van der Waals surface area contributed by atoms with Crippen LogP contribution in [0.2, 0.25) is 18.1 Å². The van der Waals surface area contributed by atoms with E-state index in [-0.39, 0.29) is 0 Å². The molecule has 0 aromatic carbocycles. The fraction of sp³-hybridized carbons (Fsp3) is 0.583. The van der Waals surface area contributed by atoms with E-state index in [1.165, 1.54) is 11.6 Å². The van der Waals surface area contributed by atoms with E-state index in [1.54, 1.807) is 0 Å². The van der Waals surface area contributed by atoms with E-state index < -0.39 is 8.07 Å². The van der Waals surface area contributed by atoms with Crippen LogP contribution in [0.15, 0.2) is 24.5 Å². The van der Waals surface area contributed by atoms with Gasteiger partial charge in [0.05, 0.1) is 8.07 Å². The Hall–Kier alpha value is -0.633. The van der Waals surface area contributed by atoms with Crippen LogP contribution in [0.5, 0.6) is 0 Å². The lowest BCUT2D eigenvalue weighted by molar-refractivity contribution is 0.713. The SMILES string of the molecule is CC(C)(C)[Si](C)(C)Cc1cccnc1. The molecule has 1 heterocycles. The van der Waals surface area contributed by atoms with E-state index in [1.807, 2.05) is 18.5 Å². The fourth-order valence-corrected chi connectivity index (χ4v) is 3.04. The normalized spacial score (nSPS) is 12.9. The summed E-state index contributed by atoms with van der Waals surface area (Å²) in [5, 5.41) is 0.461. The van der Waals surface area contributed by atoms with E-state index in [2.05, 4.69) is 44.9 Å². The summed E-state index contributed by atoms with van der Waals surface area (Å²) in [5.74, 6) is 0. The van der Waals surface area contributed by atoms with Gasteiger partial charge in [-0.15, -0.1) is 0 Å². The molecule has 0 bridgehead atoms. The first-order valence-electron chi connectivity index (χ1n) is 5.22. The number of rotatable bonds is 2. The van der Waals surface area contributed by atoms with Crippen molar-refractivity contribution >= 4 is 8.07 Å². The van der Waals surface area contributed by atoms with Crippen molar-refractivity contribution in [2.75, 3.05) is 0 Å². The average molecular weight is 207 g/mol. The molecular weight excluding hydrogens is 186 g/mol. The van der Waals surface area contributed by atoms with Crippen LogP contribution in [0.4, 0.5) is 0 Å². The minimum absolute atomic E-state index is 0.461. The van der Waals surface area contributed by atoms with Crippen LogP contribution in [0.1, 0.15) is 26.3 Å². The molecule has 1 aromatic rings. The van der Waals surface area contributed by atoms with Gasteiger partial charge in [-0.25, -0.2) is 0 Å². The Balaban J connectivity index is 2.79. The summed E-state index contributed by atoms with van der Waals surface area (Å²) >= 11 is 0. The van der Waals surface area contributed by atoms with Gasteiger partial charge in [-0.2, -0.15) is 0 Å². The van der Waals surface area contributed by atoms with Gasteiger partial charge in [0.15, 0.2) is 0 Å². The third-order valence-corrected chi connectivity index (χ3v) is 8.75. The van der Waals surface area contributed by atoms with Crippen LogP contribution in [-0.4, -0.2) is 13.1 Å². The smallest absolute Gasteiger partial charge is 0.0572 e. The first kappa shape index (κ1) is 11.4. The number of hydrogen-bond donors (Lipinski definition) is 0. The van der Waals surface area contributed by atoms with E-state index >= 15 is 0 Å². The number of aromatic nitrogens is 1. The summed E-state index contributed by atoms with van der Waals surface area (Å²) in [6, 6.07) is 5.44. The minimum Gasteiger partial charge on any atom is -0.264 e. The highest BCUT2D eigenvalue weighted by Gasteiger charge is 2.34. The zero-order valence-corrected chi connectivity index (χ0v) is 11.0. The molecule has 0 saturated heterocycles. The van der Waals surface area contributed by atoms with Crippen LogP contribution in [-0.2, 0) is 6.04 Å². The van der Waals surface area contributed by atoms with Crippen molar-refractivity contribution in [2.24, 2.45) is 0 Å². The lowest BCUT2D eigenvalue weighted by Crippen LogP contribution is -2.39. The maximum Gasteiger partial charge on any atom is 0.0572 e. The molecule has 0 fully saturated rings. The Morgan fingerprint density at radius 3 is 2.36 bits per heavy atom. The van der Waals surface area contributed by atoms with Gasteiger partial charge in [-0.1, -0.05) is 39.9 Å². The molecule has 1 nitrogen and oxygen atoms in total. The topological polar surface area (TPSA) is 12.9 Å². The monoisotopic (exact) mass is 207 g/mol. The molecule has 0 amide bonds. The van der Waals surface area contributed by atoms with Gasteiger partial charge in [-0.05, 0) is 22.7 Å². The summed E-state index contributed by atoms with van der Waals surface area (Å²) < 4.78 is 0. The summed E-state index contributed by atoms with van der Waals surface area (Å²) in [7, 11) is -1.19. The largest absolute Gasteiger partial charge is 0.264 e. The van der Waals surface area contributed by atoms with Gasteiger partial charge in [0.25, 0.3) is 0 Å². The highest BCUT2D eigenvalue weighted by Crippen LogP contribution is 2.37. The quantitative estimate of drug-likeness (QED) is 0.674. The van der Waals surface area contributed by atoms with Crippen LogP contribution >= 0.6 is 0 Å². The molecule has 2 heteroatoms. The van der Waals surface area contributed by atoms with E-state index in [4.69, 9.17) is 0 Å². The zero-order chi connectivity index (χ0) is 10.8. The van der Waals surface area contributed by atoms with Crippen LogP contribution in [0, 0.1) is 0 Å². The van der Waals surface area contributed by atoms with Crippen LogP contribution in [0.25, 0.3) is 0 Å². The van der Waals surface area contributed by atoms with Gasteiger partial charge >= 0.3 is 0 Å². The van der Waals surface area contributed by atoms with Gasteiger partial charge < -0.3 is 0 Å². The second-order valence-electron chi connectivity index (χ2n) is 5.67. The maximum absolute atomic E-state index is 4.17. The van der Waals surface area contributed by atoms with Gasteiger partial charge in [0.2, 0.25) is 0 Å². The highest BCUT2D eigenvalue weighted by atomic mass is 28.3. The molecule has 0 atom stereocenters. The summed E-state index contributed by atoms with van der Waals surface area (Å²) in [6.07, 6.45) is 3.84. The van der Waals surface area contributed by atoms with Crippen molar-refractivity contribution in [1.29, 1.82) is 0 Å². The van der Waals surface area contributed by atoms with Crippen molar-refractivity contribution in [3.05, 3.63) is 30.1 Å². The third-order valence-electron chi connectivity index (χ3n) is 3.40. The molecule has 0 N–H and O–H groups in total. The maximum atomic E-state index is 4.17. The number of nitrogens with zero attached hydrogens (tertiary/aromatic N) is 1. The lowest BCUT2D eigenvalue weighted by Gasteiger charge is -2.37. The van der Waals surface area contributed by atoms with Crippen molar-refractivity contribution in [3.8, 4) is 0 Å². The Kier molecular flexibility index (Phi) is 3.15. The van der Waals surface area contributed by atoms with Gasteiger partial charge in [0, 0.05) is 12.4 Å². The Labute approximate surface area is 88.6 Å². The zero-order valence-electron chi connectivity index (χ0n) is 9.96. The van der Waals surface area contributed by atoms with Crippen molar-refractivity contribution in [2.45, 2.75) is 44.9 Å². The molecule has 78 valence electrons. The molecule has 0 aliphatic carbocycles. The van der Waals surface area contributed by atoms with Crippen molar-refractivity contribution < 1.29 is 0 Å². The van der Waals surface area contributed by atoms with E-state index in [0.29, 0.717) is 5.04 Å². The molecular formula is C12H21NSi. The molecule has 0 saturated carbocycles. The molecule has 0 aliphatic rings. The van der Waals surface area contributed by atoms with Crippen LogP contribution in [0.3, 0.4) is 0 Å². The average Bonchev–Trinajstić information content (AvgIpc) is 2.03. The molecule has 1 rings (SSSR count). The number of pyridine rings is 1. The van der Waals surface area contributed by atoms with E-state index in [9.17, 15) is 0 Å². The standard InChI is InChI=1S/C12H21NSi/c1-12(2,3)14(4,5)10-11-7-6-8-13-9-11/h6-9H,10H2,1-5H3. The number of hydrogen-bond acceptors (Lipinski definition) is 1. The Morgan fingerprint density at radius 2 is 1.93 bits per heavy atom. The predicted molar refractivity (Wildman–Crippen MR) is 65.1 cm³/mol. The molecule has 0 spiro atoms. The summed E-state index contributed by atoms with van der Waals surface area (Å²) in [6.45, 7) is 12.0. The Morgan fingerprint density at radius 1 is 1.29 bits per heavy atom. The lowest BCUT2D eigenvalue weighted by atomic mass is 10.2. The first-order valence-corrected chi connectivity index (χ1v) is 8.42. The summed E-state index contributed by atoms with van der Waals surface area (Å²) in [4.78, 5) is 4.17. The van der Waals surface area contributed by atoms with Crippen molar-refractivity contribution in [1.82, 2.24) is 4.98 Å². The third kappa shape index (κ3) is 2.68. The molecule has 0 radical (unpaired) electrons. The predicted octanol–water partition coefficient (Wildman–Crippen LogP) is 3.67. The summed E-state index contributed by atoms with van der Waals surface area (Å²) in [5.41, 5.74) is 1.39. The van der Waals surface area contributed by atoms with Gasteiger partial charge in [0.1, 0.15) is 0 Å². The van der Waals surface area contributed by atoms with E-state index in [0.717, 1.165) is 0 Å². The molecule has 0 unspecified atom stereocenters.